The number of amides is 1. The molecule has 1 saturated carbocycles. The number of nitrogens with one attached hydrogen (secondary N) is 1. The first-order valence-electron chi connectivity index (χ1n) is 11.8. The highest BCUT2D eigenvalue weighted by Gasteiger charge is 2.34. The molecule has 3 aliphatic rings. The lowest BCUT2D eigenvalue weighted by atomic mass is 9.98. The number of piperidine rings is 1. The number of rotatable bonds is 6. The Morgan fingerprint density at radius 3 is 2.39 bits per heavy atom. The summed E-state index contributed by atoms with van der Waals surface area (Å²) < 4.78 is 44.2. The van der Waals surface area contributed by atoms with Crippen LogP contribution in [0.4, 0.5) is 0 Å². The van der Waals surface area contributed by atoms with Crippen LogP contribution in [0.3, 0.4) is 0 Å². The monoisotopic (exact) mass is 480 g/mol. The Hall–Kier alpha value is -2.33. The Balaban J connectivity index is 1.31. The lowest BCUT2D eigenvalue weighted by Gasteiger charge is -2.30. The molecule has 182 valence electrons. The van der Waals surface area contributed by atoms with Crippen LogP contribution in [0, 0.1) is 5.92 Å². The van der Waals surface area contributed by atoms with Gasteiger partial charge in [-0.2, -0.15) is 4.31 Å². The molecular formula is C23H32N2O7S. The molecule has 0 aromatic heterocycles. The number of fused-ring (bicyclic) bond motifs is 1. The Morgan fingerprint density at radius 2 is 1.70 bits per heavy atom. The number of sulfonamides is 1. The lowest BCUT2D eigenvalue weighted by Crippen LogP contribution is -2.43. The number of hydrogen-bond acceptors (Lipinski definition) is 7. The second kappa shape index (κ2) is 10.3. The number of nitrogens with zero attached hydrogens (tertiary/aromatic N) is 1. The van der Waals surface area contributed by atoms with Gasteiger partial charge in [-0.1, -0.05) is 12.8 Å². The maximum Gasteiger partial charge on any atom is 0.309 e. The third kappa shape index (κ3) is 5.60. The van der Waals surface area contributed by atoms with Gasteiger partial charge in [-0.15, -0.1) is 0 Å². The van der Waals surface area contributed by atoms with Crippen molar-refractivity contribution in [3.63, 3.8) is 0 Å². The standard InChI is InChI=1S/C23H32N2O7S/c1-16(22(26)24-18-5-2-3-6-18)32-23(27)17-9-11-25(12-10-17)33(28,29)19-7-8-20-21(15-19)31-14-4-13-30-20/h7-8,15-18H,2-6,9-14H2,1H3,(H,24,26)/t16-/m0/s1. The van der Waals surface area contributed by atoms with Crippen molar-refractivity contribution < 1.29 is 32.2 Å². The van der Waals surface area contributed by atoms with Crippen LogP contribution in [-0.4, -0.2) is 63.0 Å². The molecule has 4 rings (SSSR count). The zero-order valence-corrected chi connectivity index (χ0v) is 19.8. The van der Waals surface area contributed by atoms with Crippen molar-refractivity contribution >= 4 is 21.9 Å². The third-order valence-corrected chi connectivity index (χ3v) is 8.40. The summed E-state index contributed by atoms with van der Waals surface area (Å²) in [6.45, 7) is 2.99. The van der Waals surface area contributed by atoms with E-state index in [0.29, 0.717) is 37.6 Å². The van der Waals surface area contributed by atoms with E-state index in [1.54, 1.807) is 13.0 Å². The van der Waals surface area contributed by atoms with Gasteiger partial charge in [-0.3, -0.25) is 9.59 Å². The molecule has 2 heterocycles. The van der Waals surface area contributed by atoms with Crippen molar-refractivity contribution in [3.05, 3.63) is 18.2 Å². The molecule has 9 nitrogen and oxygen atoms in total. The summed E-state index contributed by atoms with van der Waals surface area (Å²) in [5.41, 5.74) is 0. The molecule has 0 radical (unpaired) electrons. The molecule has 2 aliphatic heterocycles. The largest absolute Gasteiger partial charge is 0.490 e. The molecule has 33 heavy (non-hydrogen) atoms. The van der Waals surface area contributed by atoms with E-state index in [1.165, 1.54) is 16.4 Å². The Morgan fingerprint density at radius 1 is 1.03 bits per heavy atom. The Kier molecular flexibility index (Phi) is 7.43. The van der Waals surface area contributed by atoms with Crippen molar-refractivity contribution in [1.82, 2.24) is 9.62 Å². The van der Waals surface area contributed by atoms with Gasteiger partial charge in [0.05, 0.1) is 24.0 Å². The maximum absolute atomic E-state index is 13.1. The SMILES string of the molecule is C[C@H](OC(=O)C1CCN(S(=O)(=O)c2ccc3c(c2)OCCCO3)CC1)C(=O)NC1CCCC1. The summed E-state index contributed by atoms with van der Waals surface area (Å²) in [5.74, 6) is -0.181. The highest BCUT2D eigenvalue weighted by atomic mass is 32.2. The number of benzene rings is 1. The minimum Gasteiger partial charge on any atom is -0.490 e. The molecule has 1 aromatic rings. The van der Waals surface area contributed by atoms with E-state index in [2.05, 4.69) is 5.32 Å². The molecule has 1 atom stereocenters. The molecule has 1 saturated heterocycles. The van der Waals surface area contributed by atoms with E-state index < -0.39 is 28.0 Å². The summed E-state index contributed by atoms with van der Waals surface area (Å²) in [7, 11) is -3.72. The normalized spacial score (nSPS) is 21.2. The second-order valence-corrected chi connectivity index (χ2v) is 10.8. The molecule has 1 aromatic carbocycles. The Bertz CT molecular complexity index is 967. The predicted molar refractivity (Wildman–Crippen MR) is 119 cm³/mol. The summed E-state index contributed by atoms with van der Waals surface area (Å²) in [5, 5.41) is 2.93. The van der Waals surface area contributed by atoms with Crippen molar-refractivity contribution in [1.29, 1.82) is 0 Å². The number of carbonyl (C=O) groups excluding carboxylic acids is 2. The first-order valence-corrected chi connectivity index (χ1v) is 13.2. The summed E-state index contributed by atoms with van der Waals surface area (Å²) in [6, 6.07) is 4.81. The lowest BCUT2D eigenvalue weighted by molar-refractivity contribution is -0.160. The molecule has 1 N–H and O–H groups in total. The number of carbonyl (C=O) groups is 2. The maximum atomic E-state index is 13.1. The summed E-state index contributed by atoms with van der Waals surface area (Å²) >= 11 is 0. The van der Waals surface area contributed by atoms with E-state index in [-0.39, 0.29) is 29.9 Å². The van der Waals surface area contributed by atoms with Gasteiger partial charge in [-0.25, -0.2) is 8.42 Å². The molecule has 2 fully saturated rings. The van der Waals surface area contributed by atoms with Gasteiger partial charge in [0.1, 0.15) is 0 Å². The fraction of sp³-hybridized carbons (Fsp3) is 0.652. The second-order valence-electron chi connectivity index (χ2n) is 8.91. The highest BCUT2D eigenvalue weighted by Crippen LogP contribution is 2.34. The number of hydrogen-bond donors (Lipinski definition) is 1. The average Bonchev–Trinajstić information content (AvgIpc) is 3.21. The molecule has 10 heteroatoms. The van der Waals surface area contributed by atoms with Crippen molar-refractivity contribution in [2.24, 2.45) is 5.92 Å². The first kappa shape index (κ1) is 23.8. The van der Waals surface area contributed by atoms with Crippen LogP contribution in [0.2, 0.25) is 0 Å². The summed E-state index contributed by atoms with van der Waals surface area (Å²) in [6.07, 6.45) is 4.70. The van der Waals surface area contributed by atoms with E-state index in [9.17, 15) is 18.0 Å². The zero-order chi connectivity index (χ0) is 23.4. The van der Waals surface area contributed by atoms with Gasteiger partial charge >= 0.3 is 5.97 Å². The molecule has 0 bridgehead atoms. The van der Waals surface area contributed by atoms with Crippen LogP contribution < -0.4 is 14.8 Å². The number of esters is 1. The van der Waals surface area contributed by atoms with Crippen molar-refractivity contribution in [3.8, 4) is 11.5 Å². The zero-order valence-electron chi connectivity index (χ0n) is 19.0. The average molecular weight is 481 g/mol. The third-order valence-electron chi connectivity index (χ3n) is 6.51. The van der Waals surface area contributed by atoms with Gasteiger partial charge in [0.15, 0.2) is 17.6 Å². The minimum atomic E-state index is -3.72. The van der Waals surface area contributed by atoms with Crippen LogP contribution in [-0.2, 0) is 24.3 Å². The molecule has 0 unspecified atom stereocenters. The molecular weight excluding hydrogens is 448 g/mol. The van der Waals surface area contributed by atoms with Gasteiger partial charge in [-0.05, 0) is 44.7 Å². The van der Waals surface area contributed by atoms with Crippen LogP contribution in [0.1, 0.15) is 51.9 Å². The molecule has 0 spiro atoms. The van der Waals surface area contributed by atoms with Crippen LogP contribution in [0.15, 0.2) is 23.1 Å². The molecule has 1 amide bonds. The van der Waals surface area contributed by atoms with E-state index >= 15 is 0 Å². The van der Waals surface area contributed by atoms with Gasteiger partial charge < -0.3 is 19.5 Å². The van der Waals surface area contributed by atoms with Crippen molar-refractivity contribution in [2.45, 2.75) is 68.9 Å². The Labute approximate surface area is 194 Å². The smallest absolute Gasteiger partial charge is 0.309 e. The number of ether oxygens (including phenoxy) is 3. The molecule has 1 aliphatic carbocycles. The van der Waals surface area contributed by atoms with Crippen LogP contribution >= 0.6 is 0 Å². The van der Waals surface area contributed by atoms with E-state index in [4.69, 9.17) is 14.2 Å². The van der Waals surface area contributed by atoms with E-state index in [0.717, 1.165) is 32.1 Å². The predicted octanol–water partition coefficient (Wildman–Crippen LogP) is 2.24. The topological polar surface area (TPSA) is 111 Å². The van der Waals surface area contributed by atoms with E-state index in [1.807, 2.05) is 0 Å². The fourth-order valence-corrected chi connectivity index (χ4v) is 5.98. The first-order chi connectivity index (χ1) is 15.8. The summed E-state index contributed by atoms with van der Waals surface area (Å²) in [4.78, 5) is 25.0. The highest BCUT2D eigenvalue weighted by molar-refractivity contribution is 7.89. The van der Waals surface area contributed by atoms with Crippen LogP contribution in [0.5, 0.6) is 11.5 Å². The minimum absolute atomic E-state index is 0.144. The quantitative estimate of drug-likeness (QED) is 0.622. The van der Waals surface area contributed by atoms with Crippen molar-refractivity contribution in [2.75, 3.05) is 26.3 Å². The van der Waals surface area contributed by atoms with Gasteiger partial charge in [0.2, 0.25) is 10.0 Å². The van der Waals surface area contributed by atoms with Gasteiger partial charge in [0.25, 0.3) is 5.91 Å². The van der Waals surface area contributed by atoms with Crippen LogP contribution in [0.25, 0.3) is 0 Å². The fourth-order valence-electron chi connectivity index (χ4n) is 4.50. The van der Waals surface area contributed by atoms with Gasteiger partial charge in [0, 0.05) is 31.6 Å².